The zero-order valence-corrected chi connectivity index (χ0v) is 18.8. The van der Waals surface area contributed by atoms with E-state index in [4.69, 9.17) is 25.6 Å². The Morgan fingerprint density at radius 3 is 2.88 bits per heavy atom. The lowest BCUT2D eigenvalue weighted by Crippen LogP contribution is -2.21. The number of fused-ring (bicyclic) bond motifs is 2. The molecule has 2 aromatic carbocycles. The number of aryl methyl sites for hydroxylation is 1. The van der Waals surface area contributed by atoms with Crippen molar-refractivity contribution in [3.8, 4) is 33.7 Å². The van der Waals surface area contributed by atoms with Crippen molar-refractivity contribution in [2.24, 2.45) is 0 Å². The normalized spacial score (nSPS) is 12.5. The maximum absolute atomic E-state index is 13.3. The van der Waals surface area contributed by atoms with Gasteiger partial charge >= 0.3 is 0 Å². The van der Waals surface area contributed by atoms with E-state index in [1.807, 2.05) is 43.3 Å². The molecule has 1 aliphatic heterocycles. The molecule has 0 N–H and O–H groups in total. The van der Waals surface area contributed by atoms with Crippen molar-refractivity contribution >= 4 is 33.2 Å². The van der Waals surface area contributed by atoms with Crippen LogP contribution in [-0.4, -0.2) is 26.5 Å². The summed E-state index contributed by atoms with van der Waals surface area (Å²) >= 11 is 7.60. The lowest BCUT2D eigenvalue weighted by molar-refractivity contribution is 0.174. The standard InChI is InChI=1S/C23H15ClN4O4S/c1-12-18-22(33-19(12)21-26-20(27-32-21)14-4-2-3-5-15(14)24)25-10-28(23(18)29)9-13-6-7-16-17(8-13)31-11-30-16/h2-8,10H,9,11H2,1H3. The Morgan fingerprint density at radius 2 is 2.00 bits per heavy atom. The molecular formula is C23H15ClN4O4S. The minimum Gasteiger partial charge on any atom is -0.454 e. The molecule has 10 heteroatoms. The highest BCUT2D eigenvalue weighted by Crippen LogP contribution is 2.36. The van der Waals surface area contributed by atoms with Gasteiger partial charge in [-0.1, -0.05) is 35.0 Å². The maximum atomic E-state index is 13.3. The molecule has 0 fully saturated rings. The lowest BCUT2D eigenvalue weighted by Gasteiger charge is -2.06. The molecule has 1 aliphatic rings. The zero-order chi connectivity index (χ0) is 22.5. The molecule has 4 heterocycles. The van der Waals surface area contributed by atoms with E-state index in [2.05, 4.69) is 15.1 Å². The van der Waals surface area contributed by atoms with Gasteiger partial charge in [-0.05, 0) is 42.3 Å². The van der Waals surface area contributed by atoms with Gasteiger partial charge in [0.15, 0.2) is 11.5 Å². The van der Waals surface area contributed by atoms with E-state index in [0.29, 0.717) is 55.4 Å². The Hall–Kier alpha value is -3.69. The molecule has 0 saturated carbocycles. The third-order valence-corrected chi connectivity index (χ3v) is 6.96. The molecule has 164 valence electrons. The SMILES string of the molecule is Cc1c(-c2nc(-c3ccccc3Cl)no2)sc2ncn(Cc3ccc4c(c3)OCO4)c(=O)c12. The fourth-order valence-electron chi connectivity index (χ4n) is 3.78. The van der Waals surface area contributed by atoms with Gasteiger partial charge in [0.05, 0.1) is 28.2 Å². The minimum absolute atomic E-state index is 0.136. The predicted molar refractivity (Wildman–Crippen MR) is 124 cm³/mol. The Morgan fingerprint density at radius 1 is 1.15 bits per heavy atom. The van der Waals surface area contributed by atoms with Gasteiger partial charge in [0.2, 0.25) is 12.6 Å². The van der Waals surface area contributed by atoms with Crippen LogP contribution in [0.4, 0.5) is 0 Å². The molecule has 8 nitrogen and oxygen atoms in total. The molecule has 3 aromatic heterocycles. The molecule has 0 radical (unpaired) electrons. The number of hydrogen-bond donors (Lipinski definition) is 0. The number of nitrogens with zero attached hydrogens (tertiary/aromatic N) is 4. The van der Waals surface area contributed by atoms with Gasteiger partial charge in [-0.25, -0.2) is 4.98 Å². The molecule has 0 bridgehead atoms. The van der Waals surface area contributed by atoms with E-state index in [1.165, 1.54) is 11.3 Å². The fourth-order valence-corrected chi connectivity index (χ4v) is 5.06. The molecule has 0 amide bonds. The number of benzene rings is 2. The average molecular weight is 479 g/mol. The molecule has 6 rings (SSSR count). The second-order valence-corrected chi connectivity index (χ2v) is 8.91. The molecule has 0 saturated heterocycles. The number of hydrogen-bond acceptors (Lipinski definition) is 8. The summed E-state index contributed by atoms with van der Waals surface area (Å²) in [5.41, 5.74) is 2.21. The van der Waals surface area contributed by atoms with Crippen LogP contribution in [0.25, 0.3) is 32.4 Å². The van der Waals surface area contributed by atoms with Gasteiger partial charge in [0.1, 0.15) is 4.83 Å². The Labute approximate surface area is 196 Å². The number of aromatic nitrogens is 4. The summed E-state index contributed by atoms with van der Waals surface area (Å²) in [4.78, 5) is 23.6. The third-order valence-electron chi connectivity index (χ3n) is 5.44. The smallest absolute Gasteiger partial charge is 0.268 e. The first-order chi connectivity index (χ1) is 16.1. The first kappa shape index (κ1) is 20.0. The van der Waals surface area contributed by atoms with Crippen LogP contribution < -0.4 is 15.0 Å². The summed E-state index contributed by atoms with van der Waals surface area (Å²) < 4.78 is 17.9. The Bertz CT molecular complexity index is 1590. The van der Waals surface area contributed by atoms with Gasteiger partial charge in [0, 0.05) is 5.56 Å². The highest BCUT2D eigenvalue weighted by Gasteiger charge is 2.21. The van der Waals surface area contributed by atoms with Gasteiger partial charge < -0.3 is 14.0 Å². The summed E-state index contributed by atoms with van der Waals surface area (Å²) in [5.74, 6) is 2.09. The van der Waals surface area contributed by atoms with Crippen molar-refractivity contribution in [3.05, 3.63) is 75.3 Å². The van der Waals surface area contributed by atoms with E-state index in [0.717, 1.165) is 11.1 Å². The van der Waals surface area contributed by atoms with E-state index < -0.39 is 0 Å². The summed E-state index contributed by atoms with van der Waals surface area (Å²) in [6, 6.07) is 12.9. The van der Waals surface area contributed by atoms with Crippen LogP contribution in [0.3, 0.4) is 0 Å². The summed E-state index contributed by atoms with van der Waals surface area (Å²) in [6.45, 7) is 2.43. The number of thiophene rings is 1. The summed E-state index contributed by atoms with van der Waals surface area (Å²) in [5, 5.41) is 5.14. The summed E-state index contributed by atoms with van der Waals surface area (Å²) in [6.07, 6.45) is 1.55. The minimum atomic E-state index is -0.136. The fraction of sp³-hybridized carbons (Fsp3) is 0.130. The highest BCUT2D eigenvalue weighted by atomic mass is 35.5. The quantitative estimate of drug-likeness (QED) is 0.362. The van der Waals surface area contributed by atoms with Gasteiger partial charge in [-0.15, -0.1) is 11.3 Å². The second kappa shape index (κ2) is 7.72. The third kappa shape index (κ3) is 3.37. The van der Waals surface area contributed by atoms with Gasteiger partial charge in [0.25, 0.3) is 11.4 Å². The molecular weight excluding hydrogens is 464 g/mol. The highest BCUT2D eigenvalue weighted by molar-refractivity contribution is 7.22. The molecule has 5 aromatic rings. The van der Waals surface area contributed by atoms with Crippen molar-refractivity contribution in [1.82, 2.24) is 19.7 Å². The lowest BCUT2D eigenvalue weighted by atomic mass is 10.2. The zero-order valence-electron chi connectivity index (χ0n) is 17.2. The van der Waals surface area contributed by atoms with Crippen LogP contribution in [0.5, 0.6) is 11.5 Å². The van der Waals surface area contributed by atoms with Crippen LogP contribution in [0.2, 0.25) is 5.02 Å². The molecule has 0 unspecified atom stereocenters. The maximum Gasteiger partial charge on any atom is 0.268 e. The van der Waals surface area contributed by atoms with E-state index >= 15 is 0 Å². The second-order valence-electron chi connectivity index (χ2n) is 7.50. The van der Waals surface area contributed by atoms with Crippen LogP contribution in [0, 0.1) is 6.92 Å². The predicted octanol–water partition coefficient (Wildman–Crippen LogP) is 4.91. The van der Waals surface area contributed by atoms with Crippen molar-refractivity contribution in [2.75, 3.05) is 6.79 Å². The van der Waals surface area contributed by atoms with Crippen molar-refractivity contribution in [2.45, 2.75) is 13.5 Å². The molecule has 0 aliphatic carbocycles. The topological polar surface area (TPSA) is 92.3 Å². The van der Waals surface area contributed by atoms with E-state index in [-0.39, 0.29) is 12.4 Å². The van der Waals surface area contributed by atoms with Crippen molar-refractivity contribution < 1.29 is 14.0 Å². The number of rotatable bonds is 4. The molecule has 33 heavy (non-hydrogen) atoms. The van der Waals surface area contributed by atoms with Crippen LogP contribution >= 0.6 is 22.9 Å². The first-order valence-electron chi connectivity index (χ1n) is 10.0. The van der Waals surface area contributed by atoms with Crippen molar-refractivity contribution in [1.29, 1.82) is 0 Å². The first-order valence-corrected chi connectivity index (χ1v) is 11.2. The van der Waals surface area contributed by atoms with Gasteiger partial charge in [-0.3, -0.25) is 9.36 Å². The van der Waals surface area contributed by atoms with E-state index in [9.17, 15) is 4.79 Å². The van der Waals surface area contributed by atoms with Crippen LogP contribution in [0.15, 0.2) is 58.1 Å². The molecule has 0 spiro atoms. The Balaban J connectivity index is 1.38. The number of halogens is 1. The molecule has 0 atom stereocenters. The van der Waals surface area contributed by atoms with Crippen molar-refractivity contribution in [3.63, 3.8) is 0 Å². The average Bonchev–Trinajstić information content (AvgIpc) is 3.55. The van der Waals surface area contributed by atoms with Gasteiger partial charge in [-0.2, -0.15) is 4.98 Å². The van der Waals surface area contributed by atoms with Crippen LogP contribution in [0.1, 0.15) is 11.1 Å². The van der Waals surface area contributed by atoms with E-state index in [1.54, 1.807) is 17.0 Å². The Kier molecular flexibility index (Phi) is 4.67. The van der Waals surface area contributed by atoms with Crippen LogP contribution in [-0.2, 0) is 6.54 Å². The summed E-state index contributed by atoms with van der Waals surface area (Å²) in [7, 11) is 0. The largest absolute Gasteiger partial charge is 0.454 e. The monoisotopic (exact) mass is 478 g/mol. The number of ether oxygens (including phenoxy) is 2.